The fraction of sp³-hybridized carbons (Fsp3) is 0.944. The zero-order valence-electron chi connectivity index (χ0n) is 26.8. The fourth-order valence-corrected chi connectivity index (χ4v) is 6.19. The first kappa shape index (κ1) is 35.4. The highest BCUT2D eigenvalue weighted by Gasteiger charge is 2.24. The number of hydrogen-bond acceptors (Lipinski definition) is 2. The minimum Gasteiger partial charge on any atom is -0.356 e. The molecule has 0 saturated carbocycles. The minimum absolute atomic E-state index is 0.641. The van der Waals surface area contributed by atoms with Crippen LogP contribution in [-0.4, -0.2) is 29.1 Å². The topological polar surface area (TPSA) is 6.48 Å². The molecule has 0 radical (unpaired) electrons. The molecule has 2 nitrogen and oxygen atoms in total. The Morgan fingerprint density at radius 3 is 0.921 bits per heavy atom. The van der Waals surface area contributed by atoms with Crippen LogP contribution in [0.5, 0.6) is 0 Å². The van der Waals surface area contributed by atoms with E-state index in [0.29, 0.717) is 6.17 Å². The van der Waals surface area contributed by atoms with Crippen LogP contribution in [-0.2, 0) is 0 Å². The van der Waals surface area contributed by atoms with Gasteiger partial charge in [0, 0.05) is 25.5 Å². The van der Waals surface area contributed by atoms with E-state index in [0.717, 1.165) is 0 Å². The van der Waals surface area contributed by atoms with Crippen LogP contribution in [0.3, 0.4) is 0 Å². The highest BCUT2D eigenvalue weighted by Crippen LogP contribution is 2.24. The summed E-state index contributed by atoms with van der Waals surface area (Å²) in [5.41, 5.74) is 0. The molecule has 0 aromatic carbocycles. The second kappa shape index (κ2) is 27.9. The summed E-state index contributed by atoms with van der Waals surface area (Å²) in [7, 11) is 0. The summed E-state index contributed by atoms with van der Waals surface area (Å²) in [5, 5.41) is 0. The van der Waals surface area contributed by atoms with E-state index in [2.05, 4.69) is 43.0 Å². The third-order valence-electron chi connectivity index (χ3n) is 8.82. The molecule has 0 N–H and O–H groups in total. The summed E-state index contributed by atoms with van der Waals surface area (Å²) in [6.07, 6.45) is 45.5. The Morgan fingerprint density at radius 2 is 0.605 bits per heavy atom. The van der Waals surface area contributed by atoms with E-state index in [1.54, 1.807) is 0 Å². The molecule has 1 atom stereocenters. The summed E-state index contributed by atoms with van der Waals surface area (Å²) in [5.74, 6) is 0. The van der Waals surface area contributed by atoms with E-state index in [4.69, 9.17) is 0 Å². The summed E-state index contributed by atoms with van der Waals surface area (Å²) in [4.78, 5) is 5.39. The van der Waals surface area contributed by atoms with Gasteiger partial charge in [-0.25, -0.2) is 0 Å². The molecule has 1 unspecified atom stereocenters. The van der Waals surface area contributed by atoms with E-state index in [1.807, 2.05) is 0 Å². The summed E-state index contributed by atoms with van der Waals surface area (Å²) >= 11 is 0. The van der Waals surface area contributed by atoms with Gasteiger partial charge in [-0.15, -0.1) is 0 Å². The van der Waals surface area contributed by atoms with Crippen molar-refractivity contribution in [3.63, 3.8) is 0 Å². The molecule has 0 spiro atoms. The molecule has 0 fully saturated rings. The monoisotopic (exact) mass is 533 g/mol. The van der Waals surface area contributed by atoms with E-state index < -0.39 is 0 Å². The minimum atomic E-state index is 0.641. The second-order valence-corrected chi connectivity index (χ2v) is 12.5. The van der Waals surface area contributed by atoms with Gasteiger partial charge in [-0.1, -0.05) is 175 Å². The SMILES string of the molecule is CCCCCCCCCCCCCCN1C=CN(CCCCCCCCCCCCC)C1CCCCCC. The van der Waals surface area contributed by atoms with Crippen LogP contribution in [0.4, 0.5) is 0 Å². The molecule has 1 aliphatic rings. The summed E-state index contributed by atoms with van der Waals surface area (Å²) < 4.78 is 0. The Labute approximate surface area is 241 Å². The van der Waals surface area contributed by atoms with Gasteiger partial charge < -0.3 is 9.80 Å². The lowest BCUT2D eigenvalue weighted by atomic mass is 10.0. The van der Waals surface area contributed by atoms with Crippen molar-refractivity contribution in [2.45, 2.75) is 207 Å². The predicted molar refractivity (Wildman–Crippen MR) is 173 cm³/mol. The maximum atomic E-state index is 2.70. The van der Waals surface area contributed by atoms with Crippen LogP contribution in [0, 0.1) is 0 Å². The Morgan fingerprint density at radius 1 is 0.342 bits per heavy atom. The van der Waals surface area contributed by atoms with Crippen molar-refractivity contribution >= 4 is 0 Å². The van der Waals surface area contributed by atoms with Crippen molar-refractivity contribution in [3.05, 3.63) is 12.4 Å². The number of unbranched alkanes of at least 4 members (excludes halogenated alkanes) is 24. The molecule has 0 saturated heterocycles. The molecular formula is C36H72N2. The predicted octanol–water partition coefficient (Wildman–Crippen LogP) is 12.4. The van der Waals surface area contributed by atoms with Crippen molar-refractivity contribution in [3.8, 4) is 0 Å². The average molecular weight is 533 g/mol. The largest absolute Gasteiger partial charge is 0.356 e. The standard InChI is InChI=1S/C36H72N2/c1-4-7-10-13-15-17-19-21-23-25-27-30-33-38-35-34-37(36(38)31-28-12-9-6-3)32-29-26-24-22-20-18-16-14-11-8-5-2/h34-36H,4-33H2,1-3H3. The quantitative estimate of drug-likeness (QED) is 0.0848. The van der Waals surface area contributed by atoms with Crippen LogP contribution < -0.4 is 0 Å². The lowest BCUT2D eigenvalue weighted by Crippen LogP contribution is -2.39. The third kappa shape index (κ3) is 20.3. The smallest absolute Gasteiger partial charge is 0.101 e. The maximum Gasteiger partial charge on any atom is 0.101 e. The molecular weight excluding hydrogens is 460 g/mol. The molecule has 0 bridgehead atoms. The van der Waals surface area contributed by atoms with Crippen LogP contribution in [0.25, 0.3) is 0 Å². The van der Waals surface area contributed by atoms with Gasteiger partial charge in [-0.2, -0.15) is 0 Å². The highest BCUT2D eigenvalue weighted by molar-refractivity contribution is 4.97. The van der Waals surface area contributed by atoms with Gasteiger partial charge in [0.15, 0.2) is 0 Å². The zero-order chi connectivity index (χ0) is 27.4. The van der Waals surface area contributed by atoms with Crippen LogP contribution in [0.2, 0.25) is 0 Å². The Balaban J connectivity index is 2.13. The fourth-order valence-electron chi connectivity index (χ4n) is 6.19. The zero-order valence-corrected chi connectivity index (χ0v) is 26.8. The van der Waals surface area contributed by atoms with Crippen molar-refractivity contribution in [1.82, 2.24) is 9.80 Å². The highest BCUT2D eigenvalue weighted by atomic mass is 15.4. The molecule has 38 heavy (non-hydrogen) atoms. The van der Waals surface area contributed by atoms with E-state index in [-0.39, 0.29) is 0 Å². The molecule has 2 heteroatoms. The molecule has 0 aromatic heterocycles. The molecule has 0 aliphatic carbocycles. The van der Waals surface area contributed by atoms with Gasteiger partial charge in [0.25, 0.3) is 0 Å². The van der Waals surface area contributed by atoms with E-state index in [9.17, 15) is 0 Å². The Kier molecular flexibility index (Phi) is 26.0. The third-order valence-corrected chi connectivity index (χ3v) is 8.82. The summed E-state index contributed by atoms with van der Waals surface area (Å²) in [6, 6.07) is 0. The van der Waals surface area contributed by atoms with Crippen molar-refractivity contribution < 1.29 is 0 Å². The van der Waals surface area contributed by atoms with Gasteiger partial charge >= 0.3 is 0 Å². The first-order valence-electron chi connectivity index (χ1n) is 18.0. The lowest BCUT2D eigenvalue weighted by molar-refractivity contribution is 0.135. The van der Waals surface area contributed by atoms with Gasteiger partial charge in [-0.3, -0.25) is 0 Å². The molecule has 1 rings (SSSR count). The van der Waals surface area contributed by atoms with E-state index in [1.165, 1.54) is 193 Å². The van der Waals surface area contributed by atoms with Gasteiger partial charge in [-0.05, 0) is 25.7 Å². The molecule has 0 aromatic rings. The lowest BCUT2D eigenvalue weighted by Gasteiger charge is -2.33. The van der Waals surface area contributed by atoms with Crippen LogP contribution in [0.15, 0.2) is 12.4 Å². The van der Waals surface area contributed by atoms with Crippen LogP contribution in [0.1, 0.15) is 201 Å². The molecule has 1 heterocycles. The van der Waals surface area contributed by atoms with Crippen LogP contribution >= 0.6 is 0 Å². The molecule has 226 valence electrons. The first-order chi connectivity index (χ1) is 18.8. The van der Waals surface area contributed by atoms with Crippen molar-refractivity contribution in [2.24, 2.45) is 0 Å². The van der Waals surface area contributed by atoms with Crippen molar-refractivity contribution in [2.75, 3.05) is 13.1 Å². The second-order valence-electron chi connectivity index (χ2n) is 12.5. The number of nitrogens with zero attached hydrogens (tertiary/aromatic N) is 2. The normalized spacial score (nSPS) is 15.3. The Hall–Kier alpha value is -0.660. The van der Waals surface area contributed by atoms with E-state index >= 15 is 0 Å². The maximum absolute atomic E-state index is 2.70. The van der Waals surface area contributed by atoms with Crippen molar-refractivity contribution in [1.29, 1.82) is 0 Å². The average Bonchev–Trinajstić information content (AvgIpc) is 3.31. The Bertz CT molecular complexity index is 488. The van der Waals surface area contributed by atoms with Gasteiger partial charge in [0.2, 0.25) is 0 Å². The molecule has 1 aliphatic heterocycles. The van der Waals surface area contributed by atoms with Gasteiger partial charge in [0.1, 0.15) is 6.17 Å². The molecule has 0 amide bonds. The number of rotatable bonds is 30. The first-order valence-corrected chi connectivity index (χ1v) is 18.0. The van der Waals surface area contributed by atoms with Gasteiger partial charge in [0.05, 0.1) is 0 Å². The summed E-state index contributed by atoms with van der Waals surface area (Å²) in [6.45, 7) is 9.48. The number of hydrogen-bond donors (Lipinski definition) is 0.